The van der Waals surface area contributed by atoms with Crippen molar-refractivity contribution in [3.8, 4) is 0 Å². The third-order valence-corrected chi connectivity index (χ3v) is 1.73. The van der Waals surface area contributed by atoms with Gasteiger partial charge in [0.15, 0.2) is 0 Å². The zero-order valence-corrected chi connectivity index (χ0v) is 6.86. The van der Waals surface area contributed by atoms with Gasteiger partial charge in [0.05, 0.1) is 0 Å². The summed E-state index contributed by atoms with van der Waals surface area (Å²) in [7, 11) is 0. The zero-order chi connectivity index (χ0) is 7.49. The molecule has 0 nitrogen and oxygen atoms in total. The predicted octanol–water partition coefficient (Wildman–Crippen LogP) is 3.01. The highest BCUT2D eigenvalue weighted by molar-refractivity contribution is 4.88. The minimum absolute atomic E-state index is 0.352. The summed E-state index contributed by atoms with van der Waals surface area (Å²) in [6, 6.07) is 0. The van der Waals surface area contributed by atoms with Crippen LogP contribution in [-0.4, -0.2) is 0 Å². The van der Waals surface area contributed by atoms with Crippen LogP contribution in [0.25, 0.3) is 0 Å². The first kappa shape index (κ1) is 8.52. The molecule has 0 heterocycles. The quantitative estimate of drug-likeness (QED) is 0.471. The van der Waals surface area contributed by atoms with Crippen LogP contribution in [0.5, 0.6) is 0 Å². The van der Waals surface area contributed by atoms with E-state index in [4.69, 9.17) is 0 Å². The monoisotopic (exact) mass is 124 g/mol. The number of hydrogen-bond donors (Lipinski definition) is 0. The molecule has 0 aromatic carbocycles. The highest BCUT2D eigenvalue weighted by Crippen LogP contribution is 2.25. The fourth-order valence-electron chi connectivity index (χ4n) is 0.427. The highest BCUT2D eigenvalue weighted by atomic mass is 14.2. The molecule has 0 spiro atoms. The first-order chi connectivity index (χ1) is 3.98. The van der Waals surface area contributed by atoms with Crippen molar-refractivity contribution in [2.75, 3.05) is 0 Å². The van der Waals surface area contributed by atoms with E-state index in [2.05, 4.69) is 40.0 Å². The molecular weight excluding hydrogens is 108 g/mol. The lowest BCUT2D eigenvalue weighted by molar-refractivity contribution is 0.315. The van der Waals surface area contributed by atoms with Crippen molar-refractivity contribution in [3.63, 3.8) is 0 Å². The van der Waals surface area contributed by atoms with Crippen LogP contribution in [0.3, 0.4) is 0 Å². The second kappa shape index (κ2) is 2.89. The minimum atomic E-state index is 0.352. The Labute approximate surface area is 58.3 Å². The van der Waals surface area contributed by atoms with Gasteiger partial charge in [-0.3, -0.25) is 0 Å². The number of rotatable bonds is 1. The summed E-state index contributed by atoms with van der Waals surface area (Å²) in [4.78, 5) is 0. The third-order valence-electron chi connectivity index (χ3n) is 1.73. The van der Waals surface area contributed by atoms with Gasteiger partial charge in [0.1, 0.15) is 0 Å². The van der Waals surface area contributed by atoms with Crippen molar-refractivity contribution in [2.24, 2.45) is 11.3 Å². The first-order valence-electron chi connectivity index (χ1n) is 3.34. The number of hydrogen-bond acceptors (Lipinski definition) is 0. The van der Waals surface area contributed by atoms with Crippen LogP contribution >= 0.6 is 0 Å². The molecule has 0 aliphatic heterocycles. The molecule has 9 heavy (non-hydrogen) atoms. The Morgan fingerprint density at radius 2 is 1.89 bits per heavy atom. The summed E-state index contributed by atoms with van der Waals surface area (Å²) in [6.45, 7) is 12.4. The zero-order valence-electron chi connectivity index (χ0n) is 6.86. The van der Waals surface area contributed by atoms with Gasteiger partial charge < -0.3 is 0 Å². The molecule has 0 fully saturated rings. The van der Waals surface area contributed by atoms with Gasteiger partial charge >= 0.3 is 0 Å². The maximum absolute atomic E-state index is 3.53. The van der Waals surface area contributed by atoms with E-state index in [9.17, 15) is 0 Å². The van der Waals surface area contributed by atoms with Crippen molar-refractivity contribution in [3.05, 3.63) is 18.4 Å². The van der Waals surface area contributed by atoms with E-state index in [1.165, 1.54) is 0 Å². The maximum Gasteiger partial charge on any atom is -0.0137 e. The van der Waals surface area contributed by atoms with Crippen LogP contribution in [0, 0.1) is 11.3 Å². The summed E-state index contributed by atoms with van der Waals surface area (Å²) in [5, 5.41) is 0. The predicted molar refractivity (Wildman–Crippen MR) is 42.3 cm³/mol. The van der Waals surface area contributed by atoms with Crippen LogP contribution in [0.4, 0.5) is 0 Å². The molecular formula is C9H16. The normalized spacial score (nSPS) is 14.2. The van der Waals surface area contributed by atoms with Gasteiger partial charge in [0, 0.05) is 0 Å². The van der Waals surface area contributed by atoms with Crippen LogP contribution < -0.4 is 0 Å². The molecule has 0 saturated carbocycles. The van der Waals surface area contributed by atoms with Crippen molar-refractivity contribution in [1.29, 1.82) is 0 Å². The topological polar surface area (TPSA) is 0 Å². The van der Waals surface area contributed by atoms with Crippen LogP contribution in [-0.2, 0) is 0 Å². The molecule has 0 heteroatoms. The lowest BCUT2D eigenvalue weighted by Crippen LogP contribution is -2.14. The van der Waals surface area contributed by atoms with E-state index in [-0.39, 0.29) is 0 Å². The van der Waals surface area contributed by atoms with Crippen molar-refractivity contribution < 1.29 is 0 Å². The van der Waals surface area contributed by atoms with E-state index >= 15 is 0 Å². The molecule has 0 aliphatic carbocycles. The van der Waals surface area contributed by atoms with E-state index < -0.39 is 0 Å². The molecule has 52 valence electrons. The summed E-state index contributed by atoms with van der Waals surface area (Å²) in [5.41, 5.74) is 3.15. The summed E-state index contributed by atoms with van der Waals surface area (Å²) in [5.74, 6) is 0.565. The fourth-order valence-corrected chi connectivity index (χ4v) is 0.427. The third kappa shape index (κ3) is 3.16. The Morgan fingerprint density at radius 3 is 2.00 bits per heavy atom. The number of allylic oxidation sites excluding steroid dienone is 1. The second-order valence-electron chi connectivity index (χ2n) is 3.53. The molecule has 0 saturated heterocycles. The Bertz CT molecular complexity index is 119. The molecule has 0 aromatic rings. The summed E-state index contributed by atoms with van der Waals surface area (Å²) < 4.78 is 0. The fraction of sp³-hybridized carbons (Fsp3) is 0.667. The minimum Gasteiger partial charge on any atom is -0.133 e. The Balaban J connectivity index is 4.03. The summed E-state index contributed by atoms with van der Waals surface area (Å²) in [6.07, 6.45) is 2.01. The molecule has 0 amide bonds. The molecule has 0 rings (SSSR count). The smallest absolute Gasteiger partial charge is 0.0137 e. The molecule has 1 unspecified atom stereocenters. The lowest BCUT2D eigenvalue weighted by atomic mass is 9.82. The average Bonchev–Trinajstić information content (AvgIpc) is 1.64. The Morgan fingerprint density at radius 1 is 1.44 bits per heavy atom. The van der Waals surface area contributed by atoms with Gasteiger partial charge in [-0.05, 0) is 17.4 Å². The molecule has 0 aromatic heterocycles. The van der Waals surface area contributed by atoms with Crippen molar-refractivity contribution in [2.45, 2.75) is 27.7 Å². The maximum atomic E-state index is 3.53. The van der Waals surface area contributed by atoms with Gasteiger partial charge in [0.2, 0.25) is 0 Å². The largest absolute Gasteiger partial charge is 0.133 e. The molecule has 0 aliphatic rings. The Kier molecular flexibility index (Phi) is 2.73. The van der Waals surface area contributed by atoms with Crippen molar-refractivity contribution in [1.82, 2.24) is 0 Å². The van der Waals surface area contributed by atoms with Crippen LogP contribution in [0.15, 0.2) is 18.4 Å². The van der Waals surface area contributed by atoms with Gasteiger partial charge in [-0.15, -0.1) is 5.73 Å². The molecule has 1 atom stereocenters. The average molecular weight is 124 g/mol. The SMILES string of the molecule is C=C=CC(C)C(C)(C)C. The molecule has 0 bridgehead atoms. The first-order valence-corrected chi connectivity index (χ1v) is 3.34. The second-order valence-corrected chi connectivity index (χ2v) is 3.53. The lowest BCUT2D eigenvalue weighted by Gasteiger charge is -2.23. The highest BCUT2D eigenvalue weighted by Gasteiger charge is 2.16. The van der Waals surface area contributed by atoms with Crippen LogP contribution in [0.1, 0.15) is 27.7 Å². The van der Waals surface area contributed by atoms with E-state index in [1.54, 1.807) is 0 Å². The Hall–Kier alpha value is -0.480. The van der Waals surface area contributed by atoms with Gasteiger partial charge in [-0.2, -0.15) is 0 Å². The molecule has 0 N–H and O–H groups in total. The van der Waals surface area contributed by atoms with E-state index in [0.29, 0.717) is 11.3 Å². The van der Waals surface area contributed by atoms with E-state index in [1.807, 2.05) is 6.08 Å². The summed E-state index contributed by atoms with van der Waals surface area (Å²) >= 11 is 0. The van der Waals surface area contributed by atoms with Crippen molar-refractivity contribution >= 4 is 0 Å². The van der Waals surface area contributed by atoms with Gasteiger partial charge in [0.25, 0.3) is 0 Å². The van der Waals surface area contributed by atoms with E-state index in [0.717, 1.165) is 0 Å². The standard InChI is InChI=1S/C9H16/c1-6-7-8(2)9(3,4)5/h7-8H,1H2,2-5H3. The van der Waals surface area contributed by atoms with Gasteiger partial charge in [-0.1, -0.05) is 34.3 Å². The van der Waals surface area contributed by atoms with Gasteiger partial charge in [-0.25, -0.2) is 0 Å². The molecule has 0 radical (unpaired) electrons. The van der Waals surface area contributed by atoms with Crippen LogP contribution in [0.2, 0.25) is 0 Å².